The second kappa shape index (κ2) is 9.75. The Balaban J connectivity index is 1.57. The van der Waals surface area contributed by atoms with Crippen molar-refractivity contribution in [3.8, 4) is 17.2 Å². The minimum absolute atomic E-state index is 0.0706. The van der Waals surface area contributed by atoms with Crippen molar-refractivity contribution in [1.82, 2.24) is 4.57 Å². The molecule has 0 bridgehead atoms. The van der Waals surface area contributed by atoms with E-state index in [4.69, 9.17) is 25.8 Å². The highest BCUT2D eigenvalue weighted by Crippen LogP contribution is 2.34. The van der Waals surface area contributed by atoms with Gasteiger partial charge in [-0.05, 0) is 54.6 Å². The molecule has 0 saturated heterocycles. The molecule has 36 heavy (non-hydrogen) atoms. The van der Waals surface area contributed by atoms with Gasteiger partial charge in [0.2, 0.25) is 11.3 Å². The molecule has 8 nitrogen and oxygen atoms in total. The molecule has 0 fully saturated rings. The number of carbonyl (C=O) groups is 2. The standard InChI is InChI=1S/C27H21ClN2O6/c1-34-19-8-6-18(7-9-19)29-25(31)15-30-14-21(26(32)16-2-4-17(28)5-3-16)27(33)20-12-23-24(13-22(20)30)36-11-10-35-23/h2-9,12-14H,10-11,15H2,1H3,(H,29,31). The zero-order valence-corrected chi connectivity index (χ0v) is 20.0. The Kier molecular flexibility index (Phi) is 6.35. The van der Waals surface area contributed by atoms with Crippen molar-refractivity contribution in [2.45, 2.75) is 6.54 Å². The van der Waals surface area contributed by atoms with E-state index < -0.39 is 11.2 Å². The van der Waals surface area contributed by atoms with Crippen LogP contribution in [0.5, 0.6) is 17.2 Å². The second-order valence-corrected chi connectivity index (χ2v) is 8.56. The number of rotatable bonds is 6. The van der Waals surface area contributed by atoms with Gasteiger partial charge in [0.05, 0.1) is 23.6 Å². The molecule has 4 aromatic rings. The fourth-order valence-electron chi connectivity index (χ4n) is 4.01. The largest absolute Gasteiger partial charge is 0.497 e. The molecule has 9 heteroatoms. The Morgan fingerprint density at radius 3 is 2.33 bits per heavy atom. The van der Waals surface area contributed by atoms with E-state index in [0.717, 1.165) is 0 Å². The van der Waals surface area contributed by atoms with Gasteiger partial charge < -0.3 is 24.1 Å². The number of hydrogen-bond donors (Lipinski definition) is 1. The van der Waals surface area contributed by atoms with Crippen molar-refractivity contribution in [3.63, 3.8) is 0 Å². The molecule has 0 saturated carbocycles. The topological polar surface area (TPSA) is 95.9 Å². The van der Waals surface area contributed by atoms with Gasteiger partial charge in [-0.3, -0.25) is 14.4 Å². The summed E-state index contributed by atoms with van der Waals surface area (Å²) in [5, 5.41) is 3.54. The van der Waals surface area contributed by atoms with E-state index in [-0.39, 0.29) is 23.4 Å². The number of nitrogens with one attached hydrogen (secondary N) is 1. The van der Waals surface area contributed by atoms with E-state index in [2.05, 4.69) is 5.32 Å². The van der Waals surface area contributed by atoms with Gasteiger partial charge >= 0.3 is 0 Å². The molecule has 1 aliphatic rings. The summed E-state index contributed by atoms with van der Waals surface area (Å²) in [6.45, 7) is 0.567. The number of halogens is 1. The van der Waals surface area contributed by atoms with Crippen molar-refractivity contribution in [1.29, 1.82) is 0 Å². The SMILES string of the molecule is COc1ccc(NC(=O)Cn2cc(C(=O)c3ccc(Cl)cc3)c(=O)c3cc4c(cc32)OCCO4)cc1. The Labute approximate surface area is 211 Å². The molecule has 0 unspecified atom stereocenters. The number of fused-ring (bicyclic) bond motifs is 2. The molecule has 1 N–H and O–H groups in total. The second-order valence-electron chi connectivity index (χ2n) is 8.13. The van der Waals surface area contributed by atoms with Crippen LogP contribution in [-0.2, 0) is 11.3 Å². The monoisotopic (exact) mass is 504 g/mol. The molecule has 1 amide bonds. The van der Waals surface area contributed by atoms with E-state index in [0.29, 0.717) is 52.3 Å². The van der Waals surface area contributed by atoms with Gasteiger partial charge in [0.1, 0.15) is 25.5 Å². The molecule has 182 valence electrons. The van der Waals surface area contributed by atoms with E-state index >= 15 is 0 Å². The van der Waals surface area contributed by atoms with Gasteiger partial charge in [-0.1, -0.05) is 11.6 Å². The van der Waals surface area contributed by atoms with Gasteiger partial charge in [-0.2, -0.15) is 0 Å². The number of ether oxygens (including phenoxy) is 3. The van der Waals surface area contributed by atoms with Crippen LogP contribution in [0.1, 0.15) is 15.9 Å². The summed E-state index contributed by atoms with van der Waals surface area (Å²) < 4.78 is 18.0. The first-order valence-electron chi connectivity index (χ1n) is 11.1. The van der Waals surface area contributed by atoms with Crippen molar-refractivity contribution >= 4 is 39.9 Å². The molecule has 0 radical (unpaired) electrons. The Bertz CT molecular complexity index is 1530. The smallest absolute Gasteiger partial charge is 0.244 e. The average molecular weight is 505 g/mol. The van der Waals surface area contributed by atoms with Gasteiger partial charge in [-0.25, -0.2) is 0 Å². The summed E-state index contributed by atoms with van der Waals surface area (Å²) in [6, 6.07) is 16.4. The molecule has 2 heterocycles. The maximum atomic E-state index is 13.4. The molecule has 1 aromatic heterocycles. The first-order chi connectivity index (χ1) is 17.4. The lowest BCUT2D eigenvalue weighted by Gasteiger charge is -2.20. The van der Waals surface area contributed by atoms with Gasteiger partial charge in [-0.15, -0.1) is 0 Å². The van der Waals surface area contributed by atoms with Crippen LogP contribution in [0.25, 0.3) is 10.9 Å². The Morgan fingerprint density at radius 1 is 1.00 bits per heavy atom. The highest BCUT2D eigenvalue weighted by Gasteiger charge is 2.22. The lowest BCUT2D eigenvalue weighted by molar-refractivity contribution is -0.116. The number of carbonyl (C=O) groups excluding carboxylic acids is 2. The number of hydrogen-bond acceptors (Lipinski definition) is 6. The third-order valence-electron chi connectivity index (χ3n) is 5.78. The zero-order valence-electron chi connectivity index (χ0n) is 19.2. The van der Waals surface area contributed by atoms with Crippen LogP contribution in [0, 0.1) is 0 Å². The van der Waals surface area contributed by atoms with Crippen LogP contribution in [0.15, 0.2) is 71.7 Å². The minimum Gasteiger partial charge on any atom is -0.497 e. The van der Waals surface area contributed by atoms with Crippen LogP contribution < -0.4 is 25.0 Å². The van der Waals surface area contributed by atoms with E-state index in [9.17, 15) is 14.4 Å². The molecular formula is C27H21ClN2O6. The number of ketones is 1. The molecule has 0 spiro atoms. The molecule has 0 aliphatic carbocycles. The highest BCUT2D eigenvalue weighted by molar-refractivity contribution is 6.30. The molecule has 0 atom stereocenters. The highest BCUT2D eigenvalue weighted by atomic mass is 35.5. The molecule has 3 aromatic carbocycles. The minimum atomic E-state index is -0.474. The van der Waals surface area contributed by atoms with Gasteiger partial charge in [0, 0.05) is 28.5 Å². The summed E-state index contributed by atoms with van der Waals surface area (Å²) in [5.41, 5.74) is 0.801. The first kappa shape index (κ1) is 23.4. The predicted molar refractivity (Wildman–Crippen MR) is 136 cm³/mol. The third-order valence-corrected chi connectivity index (χ3v) is 6.03. The summed E-state index contributed by atoms with van der Waals surface area (Å²) in [7, 11) is 1.56. The first-order valence-corrected chi connectivity index (χ1v) is 11.5. The average Bonchev–Trinajstić information content (AvgIpc) is 2.90. The van der Waals surface area contributed by atoms with Crippen molar-refractivity contribution < 1.29 is 23.8 Å². The maximum Gasteiger partial charge on any atom is 0.244 e. The lowest BCUT2D eigenvalue weighted by Crippen LogP contribution is -2.25. The van der Waals surface area contributed by atoms with Crippen molar-refractivity contribution in [2.24, 2.45) is 0 Å². The number of aromatic nitrogens is 1. The van der Waals surface area contributed by atoms with Crippen LogP contribution in [-0.4, -0.2) is 36.6 Å². The van der Waals surface area contributed by atoms with E-state index in [1.54, 1.807) is 72.3 Å². The van der Waals surface area contributed by atoms with Crippen molar-refractivity contribution in [2.75, 3.05) is 25.6 Å². The number of methoxy groups -OCH3 is 1. The number of pyridine rings is 1. The molecule has 1 aliphatic heterocycles. The zero-order chi connectivity index (χ0) is 25.2. The Hall–Kier alpha value is -4.30. The number of benzene rings is 3. The van der Waals surface area contributed by atoms with Crippen LogP contribution in [0.2, 0.25) is 5.02 Å². The van der Waals surface area contributed by atoms with E-state index in [1.165, 1.54) is 6.20 Å². The van der Waals surface area contributed by atoms with Crippen molar-refractivity contribution in [3.05, 3.63) is 93.2 Å². The van der Waals surface area contributed by atoms with Crippen LogP contribution in [0.4, 0.5) is 5.69 Å². The summed E-state index contributed by atoms with van der Waals surface area (Å²) >= 11 is 5.95. The van der Waals surface area contributed by atoms with Crippen LogP contribution >= 0.6 is 11.6 Å². The lowest BCUT2D eigenvalue weighted by atomic mass is 10.0. The fourth-order valence-corrected chi connectivity index (χ4v) is 4.13. The number of anilines is 1. The predicted octanol–water partition coefficient (Wildman–Crippen LogP) is 4.30. The number of nitrogens with zero attached hydrogens (tertiary/aromatic N) is 1. The fraction of sp³-hybridized carbons (Fsp3) is 0.148. The summed E-state index contributed by atoms with van der Waals surface area (Å²) in [6.07, 6.45) is 1.41. The summed E-state index contributed by atoms with van der Waals surface area (Å²) in [5.74, 6) is 0.727. The maximum absolute atomic E-state index is 13.4. The normalized spacial score (nSPS) is 12.3. The molecular weight excluding hydrogens is 484 g/mol. The summed E-state index contributed by atoms with van der Waals surface area (Å²) in [4.78, 5) is 39.6. The molecule has 5 rings (SSSR count). The van der Waals surface area contributed by atoms with E-state index in [1.807, 2.05) is 0 Å². The van der Waals surface area contributed by atoms with Gasteiger partial charge in [0.15, 0.2) is 17.3 Å². The van der Waals surface area contributed by atoms with Crippen LogP contribution in [0.3, 0.4) is 0 Å². The van der Waals surface area contributed by atoms with Gasteiger partial charge in [0.25, 0.3) is 0 Å². The third kappa shape index (κ3) is 4.63. The Morgan fingerprint density at radius 2 is 1.67 bits per heavy atom. The quantitative estimate of drug-likeness (QED) is 0.393. The number of amides is 1.